The van der Waals surface area contributed by atoms with E-state index < -0.39 is 10.3 Å². The van der Waals surface area contributed by atoms with Gasteiger partial charge in [-0.05, 0) is 0 Å². The molecule has 0 aliphatic heterocycles. The molecule has 1 heterocycles. The van der Waals surface area contributed by atoms with E-state index in [1.807, 2.05) is 27.7 Å². The number of aryl methyl sites for hydroxylation is 1. The third kappa shape index (κ3) is 4.18. The molecule has 5 nitrogen and oxygen atoms in total. The smallest absolute Gasteiger partial charge is 0.332 e. The van der Waals surface area contributed by atoms with E-state index in [-0.39, 0.29) is 35.0 Å². The third-order valence-corrected chi connectivity index (χ3v) is 2.60. The van der Waals surface area contributed by atoms with Crippen LogP contribution in [0.2, 0.25) is 0 Å². The first-order valence-electron chi connectivity index (χ1n) is 5.39. The molecular formula is C12H17BrN2O3. The van der Waals surface area contributed by atoms with E-state index in [1.165, 1.54) is 12.3 Å². The summed E-state index contributed by atoms with van der Waals surface area (Å²) in [5.41, 5.74) is 0.384. The standard InChI is InChI=1S/C12H17N2O3.BrH/c1-9-5-6-10(14(16)17)7-13(9)8-11(15)12(2,3)4;/h5-7H,8H2,1-4H3;1H/q+1;/p-1. The Morgan fingerprint density at radius 3 is 2.39 bits per heavy atom. The lowest BCUT2D eigenvalue weighted by atomic mass is 9.91. The molecule has 6 heteroatoms. The average molecular weight is 317 g/mol. The number of carbonyl (C=O) groups excluding carboxylic acids is 1. The summed E-state index contributed by atoms with van der Waals surface area (Å²) < 4.78 is 1.62. The van der Waals surface area contributed by atoms with Crippen molar-refractivity contribution in [2.75, 3.05) is 0 Å². The number of pyridine rings is 1. The molecule has 18 heavy (non-hydrogen) atoms. The molecule has 0 fully saturated rings. The number of carbonyl (C=O) groups is 1. The maximum atomic E-state index is 11.9. The summed E-state index contributed by atoms with van der Waals surface area (Å²) in [5, 5.41) is 10.7. The zero-order valence-electron chi connectivity index (χ0n) is 10.9. The first kappa shape index (κ1) is 16.7. The molecule has 100 valence electrons. The van der Waals surface area contributed by atoms with Crippen LogP contribution in [0.4, 0.5) is 5.69 Å². The molecule has 0 aliphatic rings. The minimum absolute atomic E-state index is 0. The molecule has 1 aromatic heterocycles. The van der Waals surface area contributed by atoms with Gasteiger partial charge in [-0.3, -0.25) is 14.9 Å². The van der Waals surface area contributed by atoms with Crippen LogP contribution in [0.5, 0.6) is 0 Å². The van der Waals surface area contributed by atoms with Gasteiger partial charge in [0.1, 0.15) is 0 Å². The van der Waals surface area contributed by atoms with E-state index in [0.717, 1.165) is 5.69 Å². The van der Waals surface area contributed by atoms with Gasteiger partial charge < -0.3 is 17.0 Å². The quantitative estimate of drug-likeness (QED) is 0.400. The highest BCUT2D eigenvalue weighted by Gasteiger charge is 2.26. The number of Topliss-reactive ketones (excluding diaryl/α,β-unsaturated/α-hetero) is 1. The Kier molecular flexibility index (Phi) is 5.60. The molecule has 0 unspecified atom stereocenters. The Balaban J connectivity index is 0.00000289. The second-order valence-corrected chi connectivity index (χ2v) is 5.09. The van der Waals surface area contributed by atoms with E-state index in [4.69, 9.17) is 0 Å². The highest BCUT2D eigenvalue weighted by atomic mass is 79.9. The predicted molar refractivity (Wildman–Crippen MR) is 62.5 cm³/mol. The maximum absolute atomic E-state index is 11.9. The molecule has 0 saturated carbocycles. The minimum atomic E-state index is -0.461. The Hall–Kier alpha value is -1.30. The molecule has 0 N–H and O–H groups in total. The highest BCUT2D eigenvalue weighted by molar-refractivity contribution is 5.82. The summed E-state index contributed by atoms with van der Waals surface area (Å²) in [4.78, 5) is 22.1. The van der Waals surface area contributed by atoms with Gasteiger partial charge in [0.05, 0.1) is 4.92 Å². The summed E-state index contributed by atoms with van der Waals surface area (Å²) in [6.45, 7) is 7.49. The predicted octanol–water partition coefficient (Wildman–Crippen LogP) is -1.19. The van der Waals surface area contributed by atoms with E-state index in [0.29, 0.717) is 0 Å². The fourth-order valence-corrected chi connectivity index (χ4v) is 1.28. The fourth-order valence-electron chi connectivity index (χ4n) is 1.28. The number of nitro groups is 1. The van der Waals surface area contributed by atoms with Crippen LogP contribution in [0.25, 0.3) is 0 Å². The van der Waals surface area contributed by atoms with Gasteiger partial charge in [-0.2, -0.15) is 4.57 Å². The first-order chi connectivity index (χ1) is 7.71. The van der Waals surface area contributed by atoms with Crippen LogP contribution in [0.3, 0.4) is 0 Å². The van der Waals surface area contributed by atoms with Crippen molar-refractivity contribution < 1.29 is 31.3 Å². The van der Waals surface area contributed by atoms with Gasteiger partial charge in [-0.15, -0.1) is 0 Å². The zero-order valence-corrected chi connectivity index (χ0v) is 12.5. The number of rotatable bonds is 3. The largest absolute Gasteiger partial charge is 1.00 e. The summed E-state index contributed by atoms with van der Waals surface area (Å²) in [6, 6.07) is 3.08. The van der Waals surface area contributed by atoms with Gasteiger partial charge >= 0.3 is 5.69 Å². The van der Waals surface area contributed by atoms with Gasteiger partial charge in [0.2, 0.25) is 18.5 Å². The summed E-state index contributed by atoms with van der Waals surface area (Å²) >= 11 is 0. The summed E-state index contributed by atoms with van der Waals surface area (Å²) in [7, 11) is 0. The van der Waals surface area contributed by atoms with Crippen molar-refractivity contribution in [1.29, 1.82) is 0 Å². The number of nitrogens with zero attached hydrogens (tertiary/aromatic N) is 2. The lowest BCUT2D eigenvalue weighted by Gasteiger charge is -2.14. The lowest BCUT2D eigenvalue weighted by Crippen LogP contribution is -3.00. The van der Waals surface area contributed by atoms with E-state index in [1.54, 1.807) is 10.6 Å². The summed E-state index contributed by atoms with van der Waals surface area (Å²) in [6.07, 6.45) is 1.40. The number of hydrogen-bond donors (Lipinski definition) is 0. The van der Waals surface area contributed by atoms with E-state index >= 15 is 0 Å². The van der Waals surface area contributed by atoms with Crippen molar-refractivity contribution in [3.05, 3.63) is 34.1 Å². The van der Waals surface area contributed by atoms with Crippen molar-refractivity contribution in [1.82, 2.24) is 0 Å². The first-order valence-corrected chi connectivity index (χ1v) is 5.39. The molecule has 0 aliphatic carbocycles. The van der Waals surface area contributed by atoms with Crippen molar-refractivity contribution in [2.24, 2.45) is 5.41 Å². The highest BCUT2D eigenvalue weighted by Crippen LogP contribution is 2.15. The van der Waals surface area contributed by atoms with Crippen molar-refractivity contribution in [2.45, 2.75) is 34.2 Å². The van der Waals surface area contributed by atoms with Crippen molar-refractivity contribution in [3.63, 3.8) is 0 Å². The fraction of sp³-hybridized carbons (Fsp3) is 0.500. The number of ketones is 1. The number of halogens is 1. The van der Waals surface area contributed by atoms with Gasteiger partial charge in [-0.1, -0.05) is 20.8 Å². The number of aromatic nitrogens is 1. The van der Waals surface area contributed by atoms with Gasteiger partial charge in [0.15, 0.2) is 5.69 Å². The van der Waals surface area contributed by atoms with Crippen LogP contribution in [-0.2, 0) is 11.3 Å². The lowest BCUT2D eigenvalue weighted by molar-refractivity contribution is -0.693. The Labute approximate surface area is 117 Å². The van der Waals surface area contributed by atoms with Crippen LogP contribution in [0.1, 0.15) is 26.5 Å². The van der Waals surface area contributed by atoms with Crippen molar-refractivity contribution in [3.8, 4) is 0 Å². The molecule has 0 saturated heterocycles. The van der Waals surface area contributed by atoms with Crippen LogP contribution in [-0.4, -0.2) is 10.7 Å². The Morgan fingerprint density at radius 1 is 1.39 bits per heavy atom. The Bertz CT molecular complexity index is 467. The van der Waals surface area contributed by atoms with E-state index in [2.05, 4.69) is 0 Å². The van der Waals surface area contributed by atoms with Gasteiger partial charge in [0, 0.05) is 24.5 Å². The minimum Gasteiger partial charge on any atom is -1.00 e. The molecule has 1 aromatic rings. The molecular weight excluding hydrogens is 300 g/mol. The van der Waals surface area contributed by atoms with Crippen molar-refractivity contribution >= 4 is 11.5 Å². The topological polar surface area (TPSA) is 64.1 Å². The second kappa shape index (κ2) is 6.04. The molecule has 0 atom stereocenters. The second-order valence-electron chi connectivity index (χ2n) is 5.09. The van der Waals surface area contributed by atoms with Crippen LogP contribution < -0.4 is 21.5 Å². The third-order valence-electron chi connectivity index (χ3n) is 2.60. The molecule has 0 bridgehead atoms. The van der Waals surface area contributed by atoms with Gasteiger partial charge in [-0.25, -0.2) is 0 Å². The molecule has 0 aromatic carbocycles. The normalized spacial score (nSPS) is 10.7. The molecule has 0 radical (unpaired) electrons. The maximum Gasteiger partial charge on any atom is 0.332 e. The zero-order chi connectivity index (χ0) is 13.2. The SMILES string of the molecule is Cc1ccc([N+](=O)[O-])c[n+]1CC(=O)C(C)(C)C.[Br-]. The monoisotopic (exact) mass is 316 g/mol. The number of hydrogen-bond acceptors (Lipinski definition) is 3. The summed E-state index contributed by atoms with van der Waals surface area (Å²) in [5.74, 6) is 0.0473. The average Bonchev–Trinajstić information content (AvgIpc) is 2.19. The van der Waals surface area contributed by atoms with Gasteiger partial charge in [0.25, 0.3) is 0 Å². The van der Waals surface area contributed by atoms with Crippen LogP contribution in [0, 0.1) is 22.5 Å². The molecule has 0 amide bonds. The molecule has 1 rings (SSSR count). The van der Waals surface area contributed by atoms with Crippen LogP contribution >= 0.6 is 0 Å². The van der Waals surface area contributed by atoms with E-state index in [9.17, 15) is 14.9 Å². The van der Waals surface area contributed by atoms with Crippen LogP contribution in [0.15, 0.2) is 18.3 Å². The molecule has 0 spiro atoms. The Morgan fingerprint density at radius 2 is 1.94 bits per heavy atom.